The number of hydrogen-bond donors (Lipinski definition) is 2. The number of nitrogens with zero attached hydrogens (tertiary/aromatic N) is 1. The highest BCUT2D eigenvalue weighted by Crippen LogP contribution is 2.27. The number of amides is 1. The van der Waals surface area contributed by atoms with Gasteiger partial charge in [-0.15, -0.1) is 11.3 Å². The first-order chi connectivity index (χ1) is 8.29. The van der Waals surface area contributed by atoms with Crippen LogP contribution in [-0.2, 0) is 11.3 Å². The zero-order valence-corrected chi connectivity index (χ0v) is 10.3. The lowest BCUT2D eigenvalue weighted by Crippen LogP contribution is -2.25. The Balaban J connectivity index is 1.77. The molecule has 1 fully saturated rings. The fourth-order valence-corrected chi connectivity index (χ4v) is 2.06. The van der Waals surface area contributed by atoms with Crippen molar-refractivity contribution in [2.45, 2.75) is 19.4 Å². The summed E-state index contributed by atoms with van der Waals surface area (Å²) in [5.74, 6) is 0.562. The molecule has 1 amide bonds. The van der Waals surface area contributed by atoms with Gasteiger partial charge in [0.1, 0.15) is 10.7 Å². The van der Waals surface area contributed by atoms with E-state index in [1.54, 1.807) is 5.38 Å². The van der Waals surface area contributed by atoms with Gasteiger partial charge < -0.3 is 15.2 Å². The Labute approximate surface area is 104 Å². The van der Waals surface area contributed by atoms with E-state index in [-0.39, 0.29) is 12.5 Å². The fraction of sp³-hybridized carbons (Fsp3) is 0.636. The summed E-state index contributed by atoms with van der Waals surface area (Å²) in [5.41, 5.74) is 0.457. The van der Waals surface area contributed by atoms with E-state index in [0.717, 1.165) is 11.6 Å². The van der Waals surface area contributed by atoms with Crippen LogP contribution in [0, 0.1) is 5.92 Å². The molecular weight excluding hydrogens is 240 g/mol. The summed E-state index contributed by atoms with van der Waals surface area (Å²) in [6.45, 7) is 1.40. The molecule has 1 saturated carbocycles. The SMILES string of the molecule is O=C(NCC1CC1)c1csc(COCCO)n1. The Morgan fingerprint density at radius 3 is 3.18 bits per heavy atom. The topological polar surface area (TPSA) is 71.5 Å². The van der Waals surface area contributed by atoms with Crippen LogP contribution < -0.4 is 5.32 Å². The molecule has 1 aromatic heterocycles. The van der Waals surface area contributed by atoms with E-state index in [2.05, 4.69) is 10.3 Å². The third-order valence-electron chi connectivity index (χ3n) is 2.49. The van der Waals surface area contributed by atoms with Crippen LogP contribution in [0.1, 0.15) is 28.3 Å². The van der Waals surface area contributed by atoms with Gasteiger partial charge in [-0.25, -0.2) is 4.98 Å². The lowest BCUT2D eigenvalue weighted by atomic mass is 10.4. The summed E-state index contributed by atoms with van der Waals surface area (Å²) in [6, 6.07) is 0. The van der Waals surface area contributed by atoms with Gasteiger partial charge in [0.2, 0.25) is 0 Å². The summed E-state index contributed by atoms with van der Waals surface area (Å²) in [7, 11) is 0. The standard InChI is InChI=1S/C11H16N2O3S/c14-3-4-16-6-10-13-9(7-17-10)11(15)12-5-8-1-2-8/h7-8,14H,1-6H2,(H,12,15). The number of aliphatic hydroxyl groups is 1. The summed E-state index contributed by atoms with van der Waals surface area (Å²) in [5, 5.41) is 13.9. The zero-order valence-electron chi connectivity index (χ0n) is 9.52. The largest absolute Gasteiger partial charge is 0.394 e. The maximum Gasteiger partial charge on any atom is 0.270 e. The lowest BCUT2D eigenvalue weighted by Gasteiger charge is -2.00. The number of ether oxygens (including phenoxy) is 1. The van der Waals surface area contributed by atoms with E-state index in [9.17, 15) is 4.79 Å². The van der Waals surface area contributed by atoms with E-state index >= 15 is 0 Å². The molecule has 0 bridgehead atoms. The normalized spacial score (nSPS) is 14.9. The molecule has 0 saturated heterocycles. The Kier molecular flexibility index (Phi) is 4.47. The van der Waals surface area contributed by atoms with Crippen molar-refractivity contribution in [3.63, 3.8) is 0 Å². The van der Waals surface area contributed by atoms with Crippen LogP contribution in [0.25, 0.3) is 0 Å². The summed E-state index contributed by atoms with van der Waals surface area (Å²) in [6.07, 6.45) is 2.44. The molecule has 1 aliphatic rings. The predicted octanol–water partition coefficient (Wildman–Crippen LogP) is 0.792. The van der Waals surface area contributed by atoms with E-state index in [4.69, 9.17) is 9.84 Å². The van der Waals surface area contributed by atoms with Crippen molar-refractivity contribution >= 4 is 17.2 Å². The van der Waals surface area contributed by atoms with Gasteiger partial charge in [-0.1, -0.05) is 0 Å². The van der Waals surface area contributed by atoms with Crippen molar-refractivity contribution < 1.29 is 14.6 Å². The van der Waals surface area contributed by atoms with Crippen molar-refractivity contribution in [2.75, 3.05) is 19.8 Å². The van der Waals surface area contributed by atoms with Gasteiger partial charge in [0.25, 0.3) is 5.91 Å². The Bertz CT molecular complexity index is 377. The minimum atomic E-state index is -0.110. The van der Waals surface area contributed by atoms with Gasteiger partial charge in [-0.05, 0) is 18.8 Å². The van der Waals surface area contributed by atoms with Gasteiger partial charge in [0, 0.05) is 11.9 Å². The van der Waals surface area contributed by atoms with Crippen LogP contribution >= 0.6 is 11.3 Å². The number of carbonyl (C=O) groups excluding carboxylic acids is 1. The number of rotatable bonds is 7. The van der Waals surface area contributed by atoms with Gasteiger partial charge in [0.05, 0.1) is 19.8 Å². The number of carbonyl (C=O) groups is 1. The van der Waals surface area contributed by atoms with Crippen LogP contribution in [0.5, 0.6) is 0 Å². The molecular formula is C11H16N2O3S. The lowest BCUT2D eigenvalue weighted by molar-refractivity contribution is 0.0811. The quantitative estimate of drug-likeness (QED) is 0.708. The van der Waals surface area contributed by atoms with Gasteiger partial charge in [0.15, 0.2) is 0 Å². The van der Waals surface area contributed by atoms with Crippen LogP contribution in [-0.4, -0.2) is 35.8 Å². The maximum absolute atomic E-state index is 11.7. The molecule has 94 valence electrons. The predicted molar refractivity (Wildman–Crippen MR) is 63.9 cm³/mol. The molecule has 0 radical (unpaired) electrons. The van der Waals surface area contributed by atoms with Crippen LogP contribution in [0.2, 0.25) is 0 Å². The van der Waals surface area contributed by atoms with Gasteiger partial charge >= 0.3 is 0 Å². The maximum atomic E-state index is 11.7. The number of nitrogens with one attached hydrogen (secondary N) is 1. The molecule has 0 spiro atoms. The second-order valence-electron chi connectivity index (χ2n) is 4.06. The first-order valence-corrected chi connectivity index (χ1v) is 6.58. The molecule has 17 heavy (non-hydrogen) atoms. The minimum absolute atomic E-state index is 0.000106. The molecule has 0 unspecified atom stereocenters. The van der Waals surface area contributed by atoms with Crippen molar-refractivity contribution in [3.05, 3.63) is 16.1 Å². The van der Waals surface area contributed by atoms with Crippen molar-refractivity contribution in [3.8, 4) is 0 Å². The molecule has 5 nitrogen and oxygen atoms in total. The Morgan fingerprint density at radius 2 is 2.47 bits per heavy atom. The van der Waals surface area contributed by atoms with E-state index in [1.807, 2.05) is 0 Å². The molecule has 0 aliphatic heterocycles. The van der Waals surface area contributed by atoms with E-state index < -0.39 is 0 Å². The number of hydrogen-bond acceptors (Lipinski definition) is 5. The van der Waals surface area contributed by atoms with Crippen molar-refractivity contribution in [1.82, 2.24) is 10.3 Å². The van der Waals surface area contributed by atoms with Crippen molar-refractivity contribution in [1.29, 1.82) is 0 Å². The van der Waals surface area contributed by atoms with E-state index in [1.165, 1.54) is 24.2 Å². The number of aliphatic hydroxyl groups excluding tert-OH is 1. The monoisotopic (exact) mass is 256 g/mol. The third kappa shape index (κ3) is 4.07. The van der Waals surface area contributed by atoms with Crippen LogP contribution in [0.15, 0.2) is 5.38 Å². The molecule has 0 aromatic carbocycles. The molecule has 2 rings (SSSR count). The summed E-state index contributed by atoms with van der Waals surface area (Å²) < 4.78 is 5.14. The van der Waals surface area contributed by atoms with Gasteiger partial charge in [-0.3, -0.25) is 4.79 Å². The number of thiazole rings is 1. The molecule has 1 heterocycles. The average Bonchev–Trinajstić information content (AvgIpc) is 3.04. The molecule has 1 aromatic rings. The van der Waals surface area contributed by atoms with Crippen LogP contribution in [0.3, 0.4) is 0 Å². The average molecular weight is 256 g/mol. The first-order valence-electron chi connectivity index (χ1n) is 5.71. The fourth-order valence-electron chi connectivity index (χ4n) is 1.36. The second-order valence-corrected chi connectivity index (χ2v) is 5.00. The van der Waals surface area contributed by atoms with Gasteiger partial charge in [-0.2, -0.15) is 0 Å². The van der Waals surface area contributed by atoms with Crippen LogP contribution in [0.4, 0.5) is 0 Å². The Hall–Kier alpha value is -0.980. The molecule has 2 N–H and O–H groups in total. The summed E-state index contributed by atoms with van der Waals surface area (Å²) >= 11 is 1.40. The molecule has 6 heteroatoms. The first kappa shape index (κ1) is 12.5. The Morgan fingerprint density at radius 1 is 1.65 bits per heavy atom. The zero-order chi connectivity index (χ0) is 12.1. The third-order valence-corrected chi connectivity index (χ3v) is 3.32. The molecule has 1 aliphatic carbocycles. The van der Waals surface area contributed by atoms with Crippen molar-refractivity contribution in [2.24, 2.45) is 5.92 Å². The highest BCUT2D eigenvalue weighted by atomic mass is 32.1. The second kappa shape index (κ2) is 6.09. The summed E-state index contributed by atoms with van der Waals surface area (Å²) in [4.78, 5) is 15.9. The highest BCUT2D eigenvalue weighted by molar-refractivity contribution is 7.09. The van der Waals surface area contributed by atoms with E-state index in [0.29, 0.717) is 24.8 Å². The minimum Gasteiger partial charge on any atom is -0.394 e. The highest BCUT2D eigenvalue weighted by Gasteiger charge is 2.22. The smallest absolute Gasteiger partial charge is 0.270 e. The molecule has 0 atom stereocenters. The number of aromatic nitrogens is 1.